The summed E-state index contributed by atoms with van der Waals surface area (Å²) in [5.41, 5.74) is -0.833. The Morgan fingerprint density at radius 1 is 0.975 bits per heavy atom. The van der Waals surface area contributed by atoms with E-state index in [2.05, 4.69) is 20.7 Å². The monoisotopic (exact) mass is 548 g/mol. The number of nitrogens with zero attached hydrogens (tertiary/aromatic N) is 4. The van der Waals surface area contributed by atoms with Gasteiger partial charge in [-0.3, -0.25) is 9.59 Å². The lowest BCUT2D eigenvalue weighted by Crippen LogP contribution is -2.62. The van der Waals surface area contributed by atoms with Crippen LogP contribution < -0.4 is 10.6 Å². The van der Waals surface area contributed by atoms with Gasteiger partial charge in [-0.2, -0.15) is 10.4 Å². The Bertz CT molecular complexity index is 1660. The summed E-state index contributed by atoms with van der Waals surface area (Å²) in [6.07, 6.45) is 1.92. The van der Waals surface area contributed by atoms with Gasteiger partial charge >= 0.3 is 0 Å². The summed E-state index contributed by atoms with van der Waals surface area (Å²) in [7, 11) is 0. The van der Waals surface area contributed by atoms with E-state index in [4.69, 9.17) is 4.42 Å². The van der Waals surface area contributed by atoms with Crippen molar-refractivity contribution in [1.29, 1.82) is 5.26 Å². The first-order valence-electron chi connectivity index (χ1n) is 12.7. The van der Waals surface area contributed by atoms with Gasteiger partial charge in [0, 0.05) is 18.2 Å². The summed E-state index contributed by atoms with van der Waals surface area (Å²) in [5.74, 6) is -4.93. The average molecular weight is 549 g/mol. The van der Waals surface area contributed by atoms with E-state index in [9.17, 15) is 28.0 Å². The zero-order chi connectivity index (χ0) is 28.1. The van der Waals surface area contributed by atoms with Crippen molar-refractivity contribution in [3.05, 3.63) is 66.7 Å². The number of nitrogens with one attached hydrogen (secondary N) is 2. The Kier molecular flexibility index (Phi) is 5.90. The Morgan fingerprint density at radius 3 is 2.35 bits per heavy atom. The molecule has 9 nitrogen and oxygen atoms in total. The highest BCUT2D eigenvalue weighted by atomic mass is 19.3. The van der Waals surface area contributed by atoms with Gasteiger partial charge in [-0.25, -0.2) is 22.8 Å². The Labute approximate surface area is 226 Å². The van der Waals surface area contributed by atoms with Crippen LogP contribution in [-0.2, 0) is 4.79 Å². The number of carbonyl (C=O) groups is 2. The van der Waals surface area contributed by atoms with Crippen LogP contribution in [0, 0.1) is 17.1 Å². The number of alkyl halides is 2. The van der Waals surface area contributed by atoms with Crippen molar-refractivity contribution in [3.63, 3.8) is 0 Å². The molecule has 0 saturated heterocycles. The van der Waals surface area contributed by atoms with Crippen LogP contribution in [-0.4, -0.2) is 43.6 Å². The van der Waals surface area contributed by atoms with Gasteiger partial charge in [-0.05, 0) is 61.1 Å². The molecule has 0 bridgehead atoms. The van der Waals surface area contributed by atoms with Gasteiger partial charge in [0.05, 0.1) is 6.07 Å². The number of amides is 2. The normalized spacial score (nSPS) is 18.6. The maximum Gasteiger partial charge on any atom is 0.287 e. The van der Waals surface area contributed by atoms with Gasteiger partial charge in [0.1, 0.15) is 40.8 Å². The highest BCUT2D eigenvalue weighted by Crippen LogP contribution is 2.41. The first-order chi connectivity index (χ1) is 19.1. The summed E-state index contributed by atoms with van der Waals surface area (Å²) < 4.78 is 49.8. The molecular formula is C28H23F3N6O3. The molecule has 2 aromatic heterocycles. The third-order valence-electron chi connectivity index (χ3n) is 7.63. The quantitative estimate of drug-likeness (QED) is 0.361. The van der Waals surface area contributed by atoms with Crippen LogP contribution in [0.4, 0.5) is 13.2 Å². The minimum absolute atomic E-state index is 0.106. The zero-order valence-electron chi connectivity index (χ0n) is 21.1. The third kappa shape index (κ3) is 4.68. The molecule has 2 saturated carbocycles. The Morgan fingerprint density at radius 2 is 1.70 bits per heavy atom. The molecule has 0 spiro atoms. The fraction of sp³-hybridized carbons (Fsp3) is 0.321. The number of furan rings is 1. The number of benzene rings is 2. The van der Waals surface area contributed by atoms with Gasteiger partial charge in [-0.15, -0.1) is 0 Å². The van der Waals surface area contributed by atoms with E-state index in [0.717, 1.165) is 0 Å². The maximum absolute atomic E-state index is 14.8. The Balaban J connectivity index is 1.25. The van der Waals surface area contributed by atoms with Crippen LogP contribution in [0.25, 0.3) is 27.8 Å². The van der Waals surface area contributed by atoms with E-state index < -0.39 is 47.5 Å². The highest BCUT2D eigenvalue weighted by molar-refractivity contribution is 6.00. The molecule has 6 rings (SSSR count). The van der Waals surface area contributed by atoms with Crippen molar-refractivity contribution >= 4 is 22.8 Å². The molecule has 40 heavy (non-hydrogen) atoms. The van der Waals surface area contributed by atoms with Crippen molar-refractivity contribution in [2.45, 2.75) is 55.5 Å². The summed E-state index contributed by atoms with van der Waals surface area (Å²) in [6.45, 7) is 0. The van der Waals surface area contributed by atoms with E-state index in [1.54, 1.807) is 30.3 Å². The van der Waals surface area contributed by atoms with Gasteiger partial charge in [0.25, 0.3) is 5.91 Å². The highest BCUT2D eigenvalue weighted by Gasteiger charge is 2.53. The molecule has 2 aliphatic rings. The standard InChI is InChI=1S/C28H23F3N6O3/c29-20-11-17(3-4-21(20)37-16-33-15-34-37)18-1-2-19-13-23(40-22(19)12-18)24(38)35-27(7-9-28(30,31)10-8-27)25(39)36-26(14-32)5-6-26/h1-4,11-13,15-16H,5-10H2,(H,35,38)(H,36,39). The number of halogens is 3. The molecule has 2 fully saturated rings. The van der Waals surface area contributed by atoms with Crippen LogP contribution in [0.3, 0.4) is 0 Å². The second-order valence-electron chi connectivity index (χ2n) is 10.4. The molecule has 0 radical (unpaired) electrons. The molecule has 0 atom stereocenters. The van der Waals surface area contributed by atoms with E-state index in [-0.39, 0.29) is 24.3 Å². The molecule has 12 heteroatoms. The van der Waals surface area contributed by atoms with Crippen molar-refractivity contribution in [2.75, 3.05) is 0 Å². The van der Waals surface area contributed by atoms with E-state index in [0.29, 0.717) is 34.9 Å². The van der Waals surface area contributed by atoms with Crippen LogP contribution in [0.1, 0.15) is 49.1 Å². The Hall–Kier alpha value is -4.66. The minimum Gasteiger partial charge on any atom is -0.451 e. The molecule has 2 amide bonds. The number of hydrogen-bond donors (Lipinski definition) is 2. The molecule has 204 valence electrons. The fourth-order valence-electron chi connectivity index (χ4n) is 4.98. The number of aromatic nitrogens is 3. The molecule has 0 aliphatic heterocycles. The van der Waals surface area contributed by atoms with Crippen molar-refractivity contribution in [2.24, 2.45) is 0 Å². The largest absolute Gasteiger partial charge is 0.451 e. The van der Waals surface area contributed by atoms with Gasteiger partial charge in [0.2, 0.25) is 11.8 Å². The van der Waals surface area contributed by atoms with Crippen LogP contribution in [0.5, 0.6) is 0 Å². The first kappa shape index (κ1) is 25.6. The molecule has 4 aromatic rings. The number of hydrogen-bond acceptors (Lipinski definition) is 6. The molecular weight excluding hydrogens is 525 g/mol. The summed E-state index contributed by atoms with van der Waals surface area (Å²) in [6, 6.07) is 13.3. The topological polar surface area (TPSA) is 126 Å². The second-order valence-corrected chi connectivity index (χ2v) is 10.4. The van der Waals surface area contributed by atoms with Crippen LogP contribution >= 0.6 is 0 Å². The van der Waals surface area contributed by atoms with Gasteiger partial charge in [0.15, 0.2) is 5.76 Å². The summed E-state index contributed by atoms with van der Waals surface area (Å²) >= 11 is 0. The van der Waals surface area contributed by atoms with Crippen LogP contribution in [0.15, 0.2) is 59.5 Å². The third-order valence-corrected chi connectivity index (χ3v) is 7.63. The zero-order valence-corrected chi connectivity index (χ0v) is 21.1. The first-order valence-corrected chi connectivity index (χ1v) is 12.7. The molecule has 0 unspecified atom stereocenters. The average Bonchev–Trinajstić information content (AvgIpc) is 3.31. The maximum atomic E-state index is 14.8. The van der Waals surface area contributed by atoms with E-state index >= 15 is 0 Å². The lowest BCUT2D eigenvalue weighted by molar-refractivity contribution is -0.133. The summed E-state index contributed by atoms with van der Waals surface area (Å²) in [4.78, 5) is 30.3. The predicted octanol–water partition coefficient (Wildman–Crippen LogP) is 4.67. The summed E-state index contributed by atoms with van der Waals surface area (Å²) in [5, 5.41) is 19.2. The second kappa shape index (κ2) is 9.22. The van der Waals surface area contributed by atoms with Crippen molar-refractivity contribution in [1.82, 2.24) is 25.4 Å². The smallest absolute Gasteiger partial charge is 0.287 e. The lowest BCUT2D eigenvalue weighted by atomic mass is 9.78. The fourth-order valence-corrected chi connectivity index (χ4v) is 4.98. The number of fused-ring (bicyclic) bond motifs is 1. The van der Waals surface area contributed by atoms with E-state index in [1.165, 1.54) is 29.5 Å². The molecule has 2 N–H and O–H groups in total. The predicted molar refractivity (Wildman–Crippen MR) is 136 cm³/mol. The van der Waals surface area contributed by atoms with Crippen molar-refractivity contribution < 1.29 is 27.2 Å². The van der Waals surface area contributed by atoms with Gasteiger partial charge in [-0.1, -0.05) is 18.2 Å². The van der Waals surface area contributed by atoms with Crippen LogP contribution in [0.2, 0.25) is 0 Å². The lowest BCUT2D eigenvalue weighted by Gasteiger charge is -2.39. The minimum atomic E-state index is -2.94. The number of rotatable bonds is 6. The SMILES string of the molecule is N#CC1(NC(=O)C2(NC(=O)c3cc4ccc(-c5ccc(-n6cncn6)c(F)c5)cc4o3)CCC(F)(F)CC2)CC1. The molecule has 2 aliphatic carbocycles. The molecule has 2 aromatic carbocycles. The van der Waals surface area contributed by atoms with Gasteiger partial charge < -0.3 is 15.1 Å². The number of carbonyl (C=O) groups excluding carboxylic acids is 2. The number of nitriles is 1. The van der Waals surface area contributed by atoms with Crippen molar-refractivity contribution in [3.8, 4) is 22.9 Å². The molecule has 2 heterocycles. The van der Waals surface area contributed by atoms with E-state index in [1.807, 2.05) is 6.07 Å².